The van der Waals surface area contributed by atoms with Crippen LogP contribution in [-0.2, 0) is 11.3 Å². The van der Waals surface area contributed by atoms with Gasteiger partial charge < -0.3 is 4.90 Å². The van der Waals surface area contributed by atoms with Gasteiger partial charge in [-0.15, -0.1) is 0 Å². The van der Waals surface area contributed by atoms with Gasteiger partial charge in [-0.3, -0.25) is 4.79 Å². The summed E-state index contributed by atoms with van der Waals surface area (Å²) in [7, 11) is 1.82. The number of nitrogens with zero attached hydrogens (tertiary/aromatic N) is 1. The number of hydrogen-bond donors (Lipinski definition) is 0. The van der Waals surface area contributed by atoms with Crippen LogP contribution >= 0.6 is 0 Å². The van der Waals surface area contributed by atoms with Crippen LogP contribution in [-0.4, -0.2) is 17.9 Å². The monoisotopic (exact) mass is 231 g/mol. The summed E-state index contributed by atoms with van der Waals surface area (Å²) in [6.07, 6.45) is 3.35. The van der Waals surface area contributed by atoms with Gasteiger partial charge in [-0.05, 0) is 30.0 Å². The fourth-order valence-electron chi connectivity index (χ4n) is 1.63. The van der Waals surface area contributed by atoms with E-state index in [-0.39, 0.29) is 5.91 Å². The maximum Gasteiger partial charge on any atom is 0.246 e. The lowest BCUT2D eigenvalue weighted by Crippen LogP contribution is -2.24. The first kappa shape index (κ1) is 13.5. The fourth-order valence-corrected chi connectivity index (χ4v) is 1.63. The molecule has 0 spiro atoms. The molecule has 1 aromatic carbocycles. The summed E-state index contributed by atoms with van der Waals surface area (Å²) in [5.74, 6) is 0.590. The predicted octanol–water partition coefficient (Wildman–Crippen LogP) is 3.34. The summed E-state index contributed by atoms with van der Waals surface area (Å²) in [4.78, 5) is 13.3. The van der Waals surface area contributed by atoms with Gasteiger partial charge in [-0.1, -0.05) is 44.2 Å². The van der Waals surface area contributed by atoms with Crippen LogP contribution in [0.5, 0.6) is 0 Å². The Balaban J connectivity index is 2.66. The Bertz CT molecular complexity index is 390. The number of rotatable bonds is 4. The van der Waals surface area contributed by atoms with Crippen LogP contribution < -0.4 is 0 Å². The number of hydrogen-bond acceptors (Lipinski definition) is 1. The van der Waals surface area contributed by atoms with Crippen molar-refractivity contribution in [1.82, 2.24) is 4.90 Å². The molecular weight excluding hydrogens is 210 g/mol. The van der Waals surface area contributed by atoms with Crippen molar-refractivity contribution in [1.29, 1.82) is 0 Å². The number of carbonyl (C=O) groups excluding carboxylic acids is 1. The lowest BCUT2D eigenvalue weighted by atomic mass is 10.0. The standard InChI is InChI=1S/C15H21NO/c1-5-6-15(17)16(4)11-13-7-9-14(10-8-13)12(2)3/h5-10,12H,11H2,1-4H3. The molecule has 92 valence electrons. The van der Waals surface area contributed by atoms with Crippen LogP contribution in [0.4, 0.5) is 0 Å². The van der Waals surface area contributed by atoms with Crippen molar-refractivity contribution in [2.45, 2.75) is 33.2 Å². The van der Waals surface area contributed by atoms with Crippen molar-refractivity contribution in [3.05, 3.63) is 47.5 Å². The fraction of sp³-hybridized carbons (Fsp3) is 0.400. The summed E-state index contributed by atoms with van der Waals surface area (Å²) in [5, 5.41) is 0. The van der Waals surface area contributed by atoms with Gasteiger partial charge in [-0.25, -0.2) is 0 Å². The summed E-state index contributed by atoms with van der Waals surface area (Å²) >= 11 is 0. The molecule has 0 atom stereocenters. The van der Waals surface area contributed by atoms with Gasteiger partial charge in [0.2, 0.25) is 5.91 Å². The summed E-state index contributed by atoms with van der Waals surface area (Å²) in [6, 6.07) is 8.45. The van der Waals surface area contributed by atoms with Gasteiger partial charge in [0.1, 0.15) is 0 Å². The van der Waals surface area contributed by atoms with Gasteiger partial charge in [0.15, 0.2) is 0 Å². The summed E-state index contributed by atoms with van der Waals surface area (Å²) < 4.78 is 0. The molecule has 0 radical (unpaired) electrons. The first-order chi connectivity index (χ1) is 8.04. The van der Waals surface area contributed by atoms with Gasteiger partial charge in [-0.2, -0.15) is 0 Å². The second kappa shape index (κ2) is 6.24. The maximum absolute atomic E-state index is 11.6. The van der Waals surface area contributed by atoms with Gasteiger partial charge in [0.25, 0.3) is 0 Å². The van der Waals surface area contributed by atoms with E-state index in [2.05, 4.69) is 38.1 Å². The molecule has 1 amide bonds. The largest absolute Gasteiger partial charge is 0.338 e. The molecule has 0 aliphatic carbocycles. The van der Waals surface area contributed by atoms with E-state index in [4.69, 9.17) is 0 Å². The Morgan fingerprint density at radius 1 is 1.29 bits per heavy atom. The minimum absolute atomic E-state index is 0.0421. The van der Waals surface area contributed by atoms with Crippen molar-refractivity contribution in [2.24, 2.45) is 0 Å². The molecule has 0 bridgehead atoms. The Kier molecular flexibility index (Phi) is 4.95. The van der Waals surface area contributed by atoms with Crippen molar-refractivity contribution < 1.29 is 4.79 Å². The average Bonchev–Trinajstić information content (AvgIpc) is 2.30. The predicted molar refractivity (Wildman–Crippen MR) is 71.8 cm³/mol. The number of likely N-dealkylation sites (N-methyl/N-ethyl adjacent to an activating group) is 1. The Labute approximate surface area is 104 Å². The van der Waals surface area contributed by atoms with Crippen molar-refractivity contribution in [3.63, 3.8) is 0 Å². The first-order valence-corrected chi connectivity index (χ1v) is 6.01. The van der Waals surface area contributed by atoms with E-state index in [1.165, 1.54) is 5.56 Å². The molecule has 0 unspecified atom stereocenters. The minimum Gasteiger partial charge on any atom is -0.338 e. The zero-order valence-corrected chi connectivity index (χ0v) is 11.1. The van der Waals surface area contributed by atoms with E-state index in [9.17, 15) is 4.79 Å². The zero-order chi connectivity index (χ0) is 12.8. The molecule has 0 saturated carbocycles. The Morgan fingerprint density at radius 3 is 2.35 bits per heavy atom. The first-order valence-electron chi connectivity index (χ1n) is 6.01. The van der Waals surface area contributed by atoms with E-state index in [1.54, 1.807) is 17.1 Å². The van der Waals surface area contributed by atoms with Crippen LogP contribution in [0.3, 0.4) is 0 Å². The van der Waals surface area contributed by atoms with Crippen LogP contribution in [0.15, 0.2) is 36.4 Å². The second-order valence-electron chi connectivity index (χ2n) is 4.59. The van der Waals surface area contributed by atoms with Crippen LogP contribution in [0, 0.1) is 0 Å². The molecule has 0 fully saturated rings. The van der Waals surface area contributed by atoms with Crippen molar-refractivity contribution >= 4 is 5.91 Å². The molecule has 1 rings (SSSR count). The molecule has 2 heteroatoms. The number of benzene rings is 1. The molecule has 0 saturated heterocycles. The van der Waals surface area contributed by atoms with E-state index >= 15 is 0 Å². The highest BCUT2D eigenvalue weighted by Gasteiger charge is 2.05. The molecule has 0 aliphatic heterocycles. The third-order valence-electron chi connectivity index (χ3n) is 2.75. The normalized spacial score (nSPS) is 11.1. The minimum atomic E-state index is 0.0421. The molecule has 0 aromatic heterocycles. The third kappa shape index (κ3) is 4.06. The highest BCUT2D eigenvalue weighted by atomic mass is 16.2. The SMILES string of the molecule is CC=CC(=O)N(C)Cc1ccc(C(C)C)cc1. The van der Waals surface area contributed by atoms with Crippen LogP contribution in [0.25, 0.3) is 0 Å². The topological polar surface area (TPSA) is 20.3 Å². The third-order valence-corrected chi connectivity index (χ3v) is 2.75. The zero-order valence-electron chi connectivity index (χ0n) is 11.1. The molecule has 0 aliphatic rings. The average molecular weight is 231 g/mol. The van der Waals surface area contributed by atoms with E-state index in [1.807, 2.05) is 14.0 Å². The number of allylic oxidation sites excluding steroid dienone is 1. The molecule has 1 aromatic rings. The maximum atomic E-state index is 11.6. The lowest BCUT2D eigenvalue weighted by molar-refractivity contribution is -0.125. The number of amides is 1. The van der Waals surface area contributed by atoms with Gasteiger partial charge >= 0.3 is 0 Å². The second-order valence-corrected chi connectivity index (χ2v) is 4.59. The summed E-state index contributed by atoms with van der Waals surface area (Å²) in [5.41, 5.74) is 2.49. The Morgan fingerprint density at radius 2 is 1.88 bits per heavy atom. The van der Waals surface area contributed by atoms with Crippen molar-refractivity contribution in [3.8, 4) is 0 Å². The molecule has 17 heavy (non-hydrogen) atoms. The summed E-state index contributed by atoms with van der Waals surface area (Å²) in [6.45, 7) is 6.86. The van der Waals surface area contributed by atoms with Crippen LogP contribution in [0.2, 0.25) is 0 Å². The van der Waals surface area contributed by atoms with E-state index in [0.717, 1.165) is 5.56 Å². The van der Waals surface area contributed by atoms with E-state index in [0.29, 0.717) is 12.5 Å². The molecular formula is C15H21NO. The van der Waals surface area contributed by atoms with Gasteiger partial charge in [0.05, 0.1) is 0 Å². The highest BCUT2D eigenvalue weighted by molar-refractivity contribution is 5.87. The highest BCUT2D eigenvalue weighted by Crippen LogP contribution is 2.15. The number of carbonyl (C=O) groups is 1. The lowest BCUT2D eigenvalue weighted by Gasteiger charge is -2.15. The van der Waals surface area contributed by atoms with E-state index < -0.39 is 0 Å². The van der Waals surface area contributed by atoms with Gasteiger partial charge in [0, 0.05) is 13.6 Å². The molecule has 2 nitrogen and oxygen atoms in total. The molecule has 0 N–H and O–H groups in total. The Hall–Kier alpha value is -1.57. The quantitative estimate of drug-likeness (QED) is 0.728. The smallest absolute Gasteiger partial charge is 0.246 e. The van der Waals surface area contributed by atoms with Crippen LogP contribution in [0.1, 0.15) is 37.8 Å². The molecule has 0 heterocycles. The van der Waals surface area contributed by atoms with Crippen molar-refractivity contribution in [2.75, 3.05) is 7.05 Å².